The molecule has 0 aliphatic carbocycles. The zero-order valence-corrected chi connectivity index (χ0v) is 17.2. The molecule has 0 aliphatic rings. The van der Waals surface area contributed by atoms with E-state index in [4.69, 9.17) is 4.74 Å². The first-order valence-corrected chi connectivity index (χ1v) is 9.88. The first-order valence-electron chi connectivity index (χ1n) is 9.88. The summed E-state index contributed by atoms with van der Waals surface area (Å²) in [5.74, 6) is 0.385. The Hall–Kier alpha value is -4.00. The molecule has 0 radical (unpaired) electrons. The number of ether oxygens (including phenoxy) is 1. The predicted octanol–water partition coefficient (Wildman–Crippen LogP) is 5.03. The summed E-state index contributed by atoms with van der Waals surface area (Å²) in [4.78, 5) is 17.3. The fourth-order valence-electron chi connectivity index (χ4n) is 3.12. The average molecular weight is 416 g/mol. The van der Waals surface area contributed by atoms with Crippen molar-refractivity contribution < 1.29 is 13.9 Å². The van der Waals surface area contributed by atoms with Gasteiger partial charge in [-0.15, -0.1) is 5.10 Å². The van der Waals surface area contributed by atoms with Gasteiger partial charge in [0, 0.05) is 11.3 Å². The minimum absolute atomic E-state index is 0.00900. The highest BCUT2D eigenvalue weighted by Gasteiger charge is 2.19. The van der Waals surface area contributed by atoms with E-state index in [2.05, 4.69) is 15.4 Å². The van der Waals surface area contributed by atoms with Gasteiger partial charge in [-0.2, -0.15) is 0 Å². The number of halogens is 1. The highest BCUT2D eigenvalue weighted by molar-refractivity contribution is 6.01. The number of anilines is 1. The molecule has 1 amide bonds. The normalized spacial score (nSPS) is 10.7. The molecule has 0 atom stereocenters. The summed E-state index contributed by atoms with van der Waals surface area (Å²) < 4.78 is 20.4. The number of nitrogens with one attached hydrogen (secondary N) is 1. The number of rotatable bonds is 6. The van der Waals surface area contributed by atoms with Crippen molar-refractivity contribution in [1.29, 1.82) is 0 Å². The number of nitrogens with zero attached hydrogens (tertiary/aromatic N) is 3. The van der Waals surface area contributed by atoms with Crippen LogP contribution in [-0.2, 0) is 0 Å². The van der Waals surface area contributed by atoms with Crippen molar-refractivity contribution in [2.45, 2.75) is 13.8 Å². The van der Waals surface area contributed by atoms with Crippen molar-refractivity contribution >= 4 is 11.6 Å². The zero-order chi connectivity index (χ0) is 21.8. The number of hydrogen-bond donors (Lipinski definition) is 1. The lowest BCUT2D eigenvalue weighted by Crippen LogP contribution is -2.14. The molecule has 0 fully saturated rings. The molecule has 7 heteroatoms. The number of hydrogen-bond acceptors (Lipinski definition) is 4. The Morgan fingerprint density at radius 2 is 1.81 bits per heavy atom. The Morgan fingerprint density at radius 1 is 1.06 bits per heavy atom. The first-order chi connectivity index (χ1) is 15.0. The van der Waals surface area contributed by atoms with Crippen LogP contribution in [0, 0.1) is 12.7 Å². The fraction of sp³-hybridized carbons (Fsp3) is 0.125. The maximum atomic E-state index is 13.4. The summed E-state index contributed by atoms with van der Waals surface area (Å²) in [5.41, 5.74) is 3.05. The molecule has 0 unspecified atom stereocenters. The molecule has 1 aromatic heterocycles. The van der Waals surface area contributed by atoms with Crippen LogP contribution in [-0.4, -0.2) is 27.3 Å². The maximum Gasteiger partial charge on any atom is 0.295 e. The van der Waals surface area contributed by atoms with E-state index in [9.17, 15) is 9.18 Å². The molecule has 4 aromatic rings. The van der Waals surface area contributed by atoms with Crippen molar-refractivity contribution in [3.63, 3.8) is 0 Å². The van der Waals surface area contributed by atoms with Crippen molar-refractivity contribution in [2.75, 3.05) is 11.9 Å². The van der Waals surface area contributed by atoms with E-state index >= 15 is 0 Å². The van der Waals surface area contributed by atoms with Crippen LogP contribution in [0.25, 0.3) is 17.1 Å². The third-order valence-corrected chi connectivity index (χ3v) is 4.58. The molecular weight excluding hydrogens is 395 g/mol. The second kappa shape index (κ2) is 8.79. The highest BCUT2D eigenvalue weighted by Crippen LogP contribution is 2.23. The lowest BCUT2D eigenvalue weighted by Gasteiger charge is -2.06. The van der Waals surface area contributed by atoms with Crippen molar-refractivity contribution in [3.05, 3.63) is 90.0 Å². The monoisotopic (exact) mass is 416 g/mol. The maximum absolute atomic E-state index is 13.4. The molecule has 156 valence electrons. The van der Waals surface area contributed by atoms with Crippen LogP contribution in [0.4, 0.5) is 10.1 Å². The van der Waals surface area contributed by atoms with Gasteiger partial charge in [0.25, 0.3) is 5.91 Å². The summed E-state index contributed by atoms with van der Waals surface area (Å²) >= 11 is 0. The molecule has 0 bridgehead atoms. The van der Waals surface area contributed by atoms with Gasteiger partial charge in [-0.05, 0) is 80.1 Å². The number of carbonyl (C=O) groups is 1. The summed E-state index contributed by atoms with van der Waals surface area (Å²) in [6.45, 7) is 4.44. The number of benzene rings is 3. The van der Waals surface area contributed by atoms with Crippen LogP contribution >= 0.6 is 0 Å². The van der Waals surface area contributed by atoms with E-state index in [-0.39, 0.29) is 11.6 Å². The van der Waals surface area contributed by atoms with Gasteiger partial charge in [0.1, 0.15) is 11.6 Å². The minimum Gasteiger partial charge on any atom is -0.494 e. The van der Waals surface area contributed by atoms with E-state index in [1.807, 2.05) is 38.1 Å². The van der Waals surface area contributed by atoms with Gasteiger partial charge in [-0.1, -0.05) is 12.1 Å². The number of aromatic nitrogens is 3. The molecule has 0 saturated heterocycles. The Kier molecular flexibility index (Phi) is 5.75. The number of amides is 1. The molecule has 0 spiro atoms. The average Bonchev–Trinajstić information content (AvgIpc) is 3.22. The third-order valence-electron chi connectivity index (χ3n) is 4.58. The molecule has 1 heterocycles. The van der Waals surface area contributed by atoms with Gasteiger partial charge < -0.3 is 10.1 Å². The quantitative estimate of drug-likeness (QED) is 0.479. The molecule has 4 rings (SSSR count). The van der Waals surface area contributed by atoms with Crippen LogP contribution in [0.5, 0.6) is 5.75 Å². The van der Waals surface area contributed by atoms with Crippen LogP contribution in [0.1, 0.15) is 23.1 Å². The van der Waals surface area contributed by atoms with Gasteiger partial charge in [0.15, 0.2) is 5.82 Å². The van der Waals surface area contributed by atoms with Gasteiger partial charge in [0.05, 0.1) is 12.3 Å². The first kappa shape index (κ1) is 20.3. The molecule has 31 heavy (non-hydrogen) atoms. The largest absolute Gasteiger partial charge is 0.494 e. The van der Waals surface area contributed by atoms with Gasteiger partial charge in [0.2, 0.25) is 5.82 Å². The molecule has 6 nitrogen and oxygen atoms in total. The van der Waals surface area contributed by atoms with E-state index in [0.29, 0.717) is 23.7 Å². The fourth-order valence-corrected chi connectivity index (χ4v) is 3.12. The number of aryl methyl sites for hydroxylation is 1. The topological polar surface area (TPSA) is 69.0 Å². The Bertz CT molecular complexity index is 1200. The number of carbonyl (C=O) groups excluding carboxylic acids is 1. The van der Waals surface area contributed by atoms with Crippen molar-refractivity contribution in [3.8, 4) is 22.8 Å². The van der Waals surface area contributed by atoms with Crippen molar-refractivity contribution in [1.82, 2.24) is 14.8 Å². The van der Waals surface area contributed by atoms with E-state index in [1.165, 1.54) is 12.1 Å². The van der Waals surface area contributed by atoms with Gasteiger partial charge >= 0.3 is 0 Å². The highest BCUT2D eigenvalue weighted by atomic mass is 19.1. The van der Waals surface area contributed by atoms with Gasteiger partial charge in [-0.3, -0.25) is 4.79 Å². The Labute approximate surface area is 179 Å². The zero-order valence-electron chi connectivity index (χ0n) is 17.2. The SMILES string of the molecule is CCOc1ccc(NC(=O)c2nc(-c3ccc(F)cc3)n(-c3cccc(C)c3)n2)cc1. The second-order valence-electron chi connectivity index (χ2n) is 6.93. The van der Waals surface area contributed by atoms with E-state index < -0.39 is 5.91 Å². The Morgan fingerprint density at radius 3 is 2.48 bits per heavy atom. The molecule has 0 aliphatic heterocycles. The lowest BCUT2D eigenvalue weighted by atomic mass is 10.2. The van der Waals surface area contributed by atoms with Crippen LogP contribution in [0.3, 0.4) is 0 Å². The van der Waals surface area contributed by atoms with E-state index in [0.717, 1.165) is 17.0 Å². The van der Waals surface area contributed by atoms with Crippen LogP contribution in [0.2, 0.25) is 0 Å². The summed E-state index contributed by atoms with van der Waals surface area (Å²) in [6.07, 6.45) is 0. The standard InChI is InChI=1S/C24H21FN4O2/c1-3-31-21-13-11-19(12-14-21)26-24(30)22-27-23(17-7-9-18(25)10-8-17)29(28-22)20-6-4-5-16(2)15-20/h4-15H,3H2,1-2H3,(H,26,30). The molecular formula is C24H21FN4O2. The molecule has 3 aromatic carbocycles. The third kappa shape index (κ3) is 4.61. The summed E-state index contributed by atoms with van der Waals surface area (Å²) in [7, 11) is 0. The van der Waals surface area contributed by atoms with Crippen molar-refractivity contribution in [2.24, 2.45) is 0 Å². The van der Waals surface area contributed by atoms with E-state index in [1.54, 1.807) is 41.1 Å². The minimum atomic E-state index is -0.445. The smallest absolute Gasteiger partial charge is 0.295 e. The predicted molar refractivity (Wildman–Crippen MR) is 117 cm³/mol. The van der Waals surface area contributed by atoms with Crippen LogP contribution in [0.15, 0.2) is 72.8 Å². The summed E-state index contributed by atoms with van der Waals surface area (Å²) in [5, 5.41) is 7.24. The Balaban J connectivity index is 1.68. The molecule has 0 saturated carbocycles. The van der Waals surface area contributed by atoms with Gasteiger partial charge in [-0.25, -0.2) is 14.1 Å². The summed E-state index contributed by atoms with van der Waals surface area (Å²) in [6, 6.07) is 20.7. The second-order valence-corrected chi connectivity index (χ2v) is 6.93. The van der Waals surface area contributed by atoms with Crippen LogP contribution < -0.4 is 10.1 Å². The molecule has 1 N–H and O–H groups in total. The lowest BCUT2D eigenvalue weighted by molar-refractivity contribution is 0.101.